The van der Waals surface area contributed by atoms with Crippen LogP contribution in [-0.4, -0.2) is 12.6 Å². The summed E-state index contributed by atoms with van der Waals surface area (Å²) in [5, 5.41) is 4.49. The molecule has 0 fully saturated rings. The van der Waals surface area contributed by atoms with Crippen molar-refractivity contribution in [2.75, 3.05) is 6.61 Å². The molecule has 0 aliphatic rings. The summed E-state index contributed by atoms with van der Waals surface area (Å²) < 4.78 is 5.72. The van der Waals surface area contributed by atoms with E-state index in [1.165, 1.54) is 0 Å². The molecule has 0 amide bonds. The number of benzene rings is 1. The molecule has 104 valence electrons. The van der Waals surface area contributed by atoms with Gasteiger partial charge in [-0.25, -0.2) is 0 Å². The Bertz CT molecular complexity index is 475. The fourth-order valence-corrected chi connectivity index (χ4v) is 2.14. The van der Waals surface area contributed by atoms with Gasteiger partial charge >= 0.3 is 0 Å². The Morgan fingerprint density at radius 3 is 2.68 bits per heavy atom. The summed E-state index contributed by atoms with van der Waals surface area (Å²) in [4.78, 5) is 0. The minimum absolute atomic E-state index is 0.386. The third-order valence-electron chi connectivity index (χ3n) is 2.44. The molecule has 0 unspecified atom stereocenters. The zero-order valence-electron chi connectivity index (χ0n) is 11.5. The van der Waals surface area contributed by atoms with Crippen molar-refractivity contribution in [3.8, 4) is 17.6 Å². The van der Waals surface area contributed by atoms with E-state index in [-0.39, 0.29) is 0 Å². The molecule has 0 saturated carbocycles. The van der Waals surface area contributed by atoms with E-state index in [0.29, 0.717) is 41.4 Å². The molecule has 1 rings (SSSR count). The molecule has 2 nitrogen and oxygen atoms in total. The minimum atomic E-state index is 0.386. The van der Waals surface area contributed by atoms with Crippen LogP contribution in [0.25, 0.3) is 0 Å². The maximum atomic E-state index is 6.19. The van der Waals surface area contributed by atoms with Crippen molar-refractivity contribution in [3.63, 3.8) is 0 Å². The highest BCUT2D eigenvalue weighted by Crippen LogP contribution is 2.32. The molecule has 0 aliphatic carbocycles. The lowest BCUT2D eigenvalue weighted by Crippen LogP contribution is -2.22. The summed E-state index contributed by atoms with van der Waals surface area (Å²) in [6.45, 7) is 7.18. The predicted molar refractivity (Wildman–Crippen MR) is 82.0 cm³/mol. The normalized spacial score (nSPS) is 10.2. The average molecular weight is 300 g/mol. The lowest BCUT2D eigenvalue weighted by Gasteiger charge is -2.15. The molecule has 0 spiro atoms. The first-order valence-corrected chi connectivity index (χ1v) is 7.04. The number of rotatable bonds is 6. The Morgan fingerprint density at radius 1 is 1.32 bits per heavy atom. The van der Waals surface area contributed by atoms with Gasteiger partial charge in [0.05, 0.1) is 11.6 Å². The number of nitrogens with one attached hydrogen (secondary N) is 1. The monoisotopic (exact) mass is 299 g/mol. The lowest BCUT2D eigenvalue weighted by molar-refractivity contribution is 0.322. The van der Waals surface area contributed by atoms with Crippen LogP contribution in [0.1, 0.15) is 32.8 Å². The second kappa shape index (κ2) is 8.32. The first-order valence-electron chi connectivity index (χ1n) is 6.28. The number of ether oxygens (including phenoxy) is 1. The summed E-state index contributed by atoms with van der Waals surface area (Å²) >= 11 is 12.2. The molecule has 0 aromatic heterocycles. The van der Waals surface area contributed by atoms with Crippen molar-refractivity contribution < 1.29 is 4.74 Å². The van der Waals surface area contributed by atoms with Gasteiger partial charge in [0.15, 0.2) is 0 Å². The Balaban J connectivity index is 2.82. The topological polar surface area (TPSA) is 21.3 Å². The van der Waals surface area contributed by atoms with E-state index in [2.05, 4.69) is 31.0 Å². The van der Waals surface area contributed by atoms with Gasteiger partial charge in [-0.2, -0.15) is 0 Å². The molecule has 0 atom stereocenters. The van der Waals surface area contributed by atoms with Crippen molar-refractivity contribution in [1.29, 1.82) is 0 Å². The zero-order chi connectivity index (χ0) is 14.3. The van der Waals surface area contributed by atoms with E-state index >= 15 is 0 Å². The lowest BCUT2D eigenvalue weighted by atomic mass is 10.2. The van der Waals surface area contributed by atoms with Gasteiger partial charge in [-0.05, 0) is 19.1 Å². The van der Waals surface area contributed by atoms with Crippen molar-refractivity contribution in [3.05, 3.63) is 27.7 Å². The molecule has 1 N–H and O–H groups in total. The zero-order valence-corrected chi connectivity index (χ0v) is 13.0. The molecular formula is C15H19Cl2NO. The Morgan fingerprint density at radius 2 is 2.05 bits per heavy atom. The highest BCUT2D eigenvalue weighted by molar-refractivity contribution is 6.35. The van der Waals surface area contributed by atoms with Crippen LogP contribution in [0.5, 0.6) is 5.75 Å². The molecule has 19 heavy (non-hydrogen) atoms. The highest BCUT2D eigenvalue weighted by atomic mass is 35.5. The van der Waals surface area contributed by atoms with Crippen LogP contribution >= 0.6 is 23.2 Å². The second-order valence-corrected chi connectivity index (χ2v) is 5.28. The molecule has 0 saturated heterocycles. The summed E-state index contributed by atoms with van der Waals surface area (Å²) in [6, 6.07) is 3.96. The van der Waals surface area contributed by atoms with Crippen LogP contribution in [0.15, 0.2) is 12.1 Å². The molecule has 0 bridgehead atoms. The summed E-state index contributed by atoms with van der Waals surface area (Å²) in [7, 11) is 0. The van der Waals surface area contributed by atoms with Gasteiger partial charge in [-0.15, -0.1) is 11.8 Å². The quantitative estimate of drug-likeness (QED) is 0.625. The predicted octanol–water partition coefficient (Wildman–Crippen LogP) is 4.28. The largest absolute Gasteiger partial charge is 0.491 e. The van der Waals surface area contributed by atoms with E-state index in [1.54, 1.807) is 6.07 Å². The Labute approximate surface area is 125 Å². The minimum Gasteiger partial charge on any atom is -0.491 e. The van der Waals surface area contributed by atoms with Gasteiger partial charge in [-0.1, -0.05) is 37.0 Å². The van der Waals surface area contributed by atoms with E-state index in [1.807, 2.05) is 13.0 Å². The molecule has 0 aliphatic heterocycles. The maximum absolute atomic E-state index is 6.19. The van der Waals surface area contributed by atoms with Crippen LogP contribution in [0.4, 0.5) is 0 Å². The van der Waals surface area contributed by atoms with Gasteiger partial charge in [0.2, 0.25) is 0 Å². The summed E-state index contributed by atoms with van der Waals surface area (Å²) in [6.07, 6.45) is 0.687. The SMILES string of the molecule is CC#CCCOc1c(Cl)cc(Cl)cc1CNC(C)C. The van der Waals surface area contributed by atoms with Gasteiger partial charge < -0.3 is 10.1 Å². The molecular weight excluding hydrogens is 281 g/mol. The van der Waals surface area contributed by atoms with Crippen molar-refractivity contribution >= 4 is 23.2 Å². The standard InChI is InChI=1S/C15H19Cl2NO/c1-4-5-6-7-19-15-12(10-18-11(2)3)8-13(16)9-14(15)17/h8-9,11,18H,6-7,10H2,1-3H3. The first-order chi connectivity index (χ1) is 9.04. The third-order valence-corrected chi connectivity index (χ3v) is 2.94. The van der Waals surface area contributed by atoms with Crippen molar-refractivity contribution in [1.82, 2.24) is 5.32 Å². The third kappa shape index (κ3) is 5.74. The van der Waals surface area contributed by atoms with Crippen LogP contribution in [0, 0.1) is 11.8 Å². The molecule has 1 aromatic rings. The maximum Gasteiger partial charge on any atom is 0.142 e. The number of hydrogen-bond donors (Lipinski definition) is 1. The summed E-state index contributed by atoms with van der Waals surface area (Å²) in [5.41, 5.74) is 0.968. The highest BCUT2D eigenvalue weighted by Gasteiger charge is 2.11. The number of hydrogen-bond acceptors (Lipinski definition) is 2. The van der Waals surface area contributed by atoms with E-state index < -0.39 is 0 Å². The fourth-order valence-electron chi connectivity index (χ4n) is 1.55. The summed E-state index contributed by atoms with van der Waals surface area (Å²) in [5.74, 6) is 6.49. The van der Waals surface area contributed by atoms with E-state index in [0.717, 1.165) is 5.56 Å². The Hall–Kier alpha value is -0.880. The molecule has 4 heteroatoms. The second-order valence-electron chi connectivity index (χ2n) is 4.44. The van der Waals surface area contributed by atoms with Gasteiger partial charge in [0.25, 0.3) is 0 Å². The average Bonchev–Trinajstić information content (AvgIpc) is 2.34. The van der Waals surface area contributed by atoms with Gasteiger partial charge in [-0.3, -0.25) is 0 Å². The van der Waals surface area contributed by atoms with Crippen molar-refractivity contribution in [2.45, 2.75) is 39.8 Å². The molecule has 0 heterocycles. The van der Waals surface area contributed by atoms with Crippen LogP contribution in [0.2, 0.25) is 10.0 Å². The van der Waals surface area contributed by atoms with Crippen LogP contribution in [-0.2, 0) is 6.54 Å². The smallest absolute Gasteiger partial charge is 0.142 e. The van der Waals surface area contributed by atoms with Crippen LogP contribution in [0.3, 0.4) is 0 Å². The van der Waals surface area contributed by atoms with E-state index in [9.17, 15) is 0 Å². The van der Waals surface area contributed by atoms with Crippen molar-refractivity contribution in [2.24, 2.45) is 0 Å². The van der Waals surface area contributed by atoms with E-state index in [4.69, 9.17) is 27.9 Å². The van der Waals surface area contributed by atoms with Crippen LogP contribution < -0.4 is 10.1 Å². The Kier molecular flexibility index (Phi) is 7.09. The fraction of sp³-hybridized carbons (Fsp3) is 0.467. The molecule has 1 aromatic carbocycles. The first kappa shape index (κ1) is 16.2. The van der Waals surface area contributed by atoms with Gasteiger partial charge in [0.1, 0.15) is 5.75 Å². The number of halogens is 2. The van der Waals surface area contributed by atoms with Gasteiger partial charge in [0, 0.05) is 29.6 Å². The molecule has 0 radical (unpaired) electrons.